The SMILES string of the molecule is CN(C)Sc1cc(Nc2cc(C3CCCNC3)nc3c(-c4cn[nH]c4)cnn23)ccc1Cl. The van der Waals surface area contributed by atoms with Gasteiger partial charge in [0.15, 0.2) is 5.65 Å². The molecule has 166 valence electrons. The minimum atomic E-state index is 0.367. The molecule has 0 spiro atoms. The van der Waals surface area contributed by atoms with Gasteiger partial charge in [-0.1, -0.05) is 11.6 Å². The van der Waals surface area contributed by atoms with Crippen LogP contribution in [0.4, 0.5) is 11.5 Å². The molecule has 32 heavy (non-hydrogen) atoms. The van der Waals surface area contributed by atoms with Gasteiger partial charge in [0.25, 0.3) is 0 Å². The molecule has 0 aliphatic carbocycles. The van der Waals surface area contributed by atoms with Gasteiger partial charge >= 0.3 is 0 Å². The fraction of sp³-hybridized carbons (Fsp3) is 0.318. The third kappa shape index (κ3) is 4.33. The lowest BCUT2D eigenvalue weighted by Gasteiger charge is -2.23. The van der Waals surface area contributed by atoms with Crippen LogP contribution in [0.25, 0.3) is 16.8 Å². The topological polar surface area (TPSA) is 86.2 Å². The van der Waals surface area contributed by atoms with Crippen molar-refractivity contribution in [3.63, 3.8) is 0 Å². The van der Waals surface area contributed by atoms with Crippen molar-refractivity contribution in [1.29, 1.82) is 0 Å². The molecule has 5 rings (SSSR count). The normalized spacial score (nSPS) is 16.7. The Labute approximate surface area is 195 Å². The number of halogens is 1. The minimum absolute atomic E-state index is 0.367. The van der Waals surface area contributed by atoms with E-state index >= 15 is 0 Å². The summed E-state index contributed by atoms with van der Waals surface area (Å²) in [5.74, 6) is 1.24. The Morgan fingerprint density at radius 2 is 2.16 bits per heavy atom. The highest BCUT2D eigenvalue weighted by Gasteiger charge is 2.21. The second-order valence-corrected chi connectivity index (χ2v) is 9.82. The number of piperidine rings is 1. The first kappa shape index (κ1) is 21.3. The van der Waals surface area contributed by atoms with Crippen LogP contribution in [0.5, 0.6) is 0 Å². The van der Waals surface area contributed by atoms with Crippen molar-refractivity contribution in [3.05, 3.63) is 53.6 Å². The molecule has 0 bridgehead atoms. The first-order valence-electron chi connectivity index (χ1n) is 10.6. The largest absolute Gasteiger partial charge is 0.340 e. The number of rotatable bonds is 6. The van der Waals surface area contributed by atoms with Crippen LogP contribution >= 0.6 is 23.5 Å². The summed E-state index contributed by atoms with van der Waals surface area (Å²) in [5.41, 5.74) is 4.74. The Morgan fingerprint density at radius 3 is 2.91 bits per heavy atom. The van der Waals surface area contributed by atoms with Crippen LogP contribution < -0.4 is 10.6 Å². The molecule has 10 heteroatoms. The summed E-state index contributed by atoms with van der Waals surface area (Å²) in [6.45, 7) is 2.00. The molecule has 4 heterocycles. The van der Waals surface area contributed by atoms with Crippen molar-refractivity contribution < 1.29 is 0 Å². The highest BCUT2D eigenvalue weighted by Crippen LogP contribution is 2.34. The standard InChI is InChI=1S/C22H25ClN8S/c1-30(2)32-20-8-16(5-6-18(20)23)28-21-9-19(14-4-3-7-24-10-14)29-22-17(13-27-31(21)22)15-11-25-26-12-15/h5-6,8-9,11-14,24,28H,3-4,7,10H2,1-2H3,(H,25,26). The quantitative estimate of drug-likeness (QED) is 0.358. The van der Waals surface area contributed by atoms with Crippen LogP contribution in [0.3, 0.4) is 0 Å². The zero-order valence-electron chi connectivity index (χ0n) is 18.0. The number of aromatic amines is 1. The smallest absolute Gasteiger partial charge is 0.165 e. The molecule has 1 aliphatic heterocycles. The fourth-order valence-electron chi connectivity index (χ4n) is 3.98. The summed E-state index contributed by atoms with van der Waals surface area (Å²) in [7, 11) is 4.00. The van der Waals surface area contributed by atoms with Crippen LogP contribution in [0.2, 0.25) is 5.02 Å². The molecule has 1 aromatic carbocycles. The Kier molecular flexibility index (Phi) is 6.05. The molecule has 0 saturated carbocycles. The molecule has 1 fully saturated rings. The van der Waals surface area contributed by atoms with Gasteiger partial charge in [-0.2, -0.15) is 14.7 Å². The number of aromatic nitrogens is 5. The highest BCUT2D eigenvalue weighted by molar-refractivity contribution is 7.97. The predicted octanol–water partition coefficient (Wildman–Crippen LogP) is 4.55. The van der Waals surface area contributed by atoms with E-state index in [1.807, 2.05) is 47.4 Å². The van der Waals surface area contributed by atoms with E-state index in [1.54, 1.807) is 18.1 Å². The van der Waals surface area contributed by atoms with Crippen LogP contribution in [-0.2, 0) is 0 Å². The maximum absolute atomic E-state index is 6.41. The molecule has 0 amide bonds. The first-order valence-corrected chi connectivity index (χ1v) is 11.7. The third-order valence-corrected chi connectivity index (χ3v) is 6.84. The fourth-order valence-corrected chi connectivity index (χ4v) is 4.93. The van der Waals surface area contributed by atoms with Gasteiger partial charge in [-0.15, -0.1) is 0 Å². The molecule has 0 radical (unpaired) electrons. The van der Waals surface area contributed by atoms with Crippen LogP contribution in [0.1, 0.15) is 24.5 Å². The maximum Gasteiger partial charge on any atom is 0.165 e. The van der Waals surface area contributed by atoms with Gasteiger partial charge in [0.1, 0.15) is 5.82 Å². The van der Waals surface area contributed by atoms with E-state index in [-0.39, 0.29) is 0 Å². The molecule has 1 saturated heterocycles. The van der Waals surface area contributed by atoms with Crippen molar-refractivity contribution >= 4 is 40.7 Å². The van der Waals surface area contributed by atoms with E-state index in [4.69, 9.17) is 16.6 Å². The van der Waals surface area contributed by atoms with E-state index < -0.39 is 0 Å². The van der Waals surface area contributed by atoms with Gasteiger partial charge < -0.3 is 10.6 Å². The van der Waals surface area contributed by atoms with Gasteiger partial charge in [0.2, 0.25) is 0 Å². The molecule has 1 unspecified atom stereocenters. The van der Waals surface area contributed by atoms with Crippen LogP contribution in [0, 0.1) is 0 Å². The van der Waals surface area contributed by atoms with Gasteiger partial charge in [-0.25, -0.2) is 4.98 Å². The monoisotopic (exact) mass is 468 g/mol. The molecular weight excluding hydrogens is 444 g/mol. The van der Waals surface area contributed by atoms with E-state index in [0.29, 0.717) is 5.92 Å². The third-order valence-electron chi connectivity index (χ3n) is 5.50. The number of nitrogens with zero attached hydrogens (tertiary/aromatic N) is 5. The first-order chi connectivity index (χ1) is 15.6. The highest BCUT2D eigenvalue weighted by atomic mass is 35.5. The molecule has 8 nitrogen and oxygen atoms in total. The lowest BCUT2D eigenvalue weighted by Crippen LogP contribution is -2.29. The van der Waals surface area contributed by atoms with Gasteiger partial charge in [-0.3, -0.25) is 9.40 Å². The van der Waals surface area contributed by atoms with E-state index in [9.17, 15) is 0 Å². The molecule has 3 aromatic heterocycles. The van der Waals surface area contributed by atoms with Crippen LogP contribution in [0.15, 0.2) is 47.8 Å². The van der Waals surface area contributed by atoms with Crippen LogP contribution in [-0.4, -0.2) is 56.3 Å². The lowest BCUT2D eigenvalue weighted by atomic mass is 9.96. The summed E-state index contributed by atoms with van der Waals surface area (Å²) >= 11 is 8.00. The average molecular weight is 469 g/mol. The zero-order chi connectivity index (χ0) is 22.1. The van der Waals surface area contributed by atoms with Gasteiger partial charge in [-0.05, 0) is 63.6 Å². The number of benzene rings is 1. The van der Waals surface area contributed by atoms with E-state index in [1.165, 1.54) is 0 Å². The van der Waals surface area contributed by atoms with E-state index in [0.717, 1.165) is 69.8 Å². The molecular formula is C22H25ClN8S. The molecule has 1 aliphatic rings. The number of hydrogen-bond donors (Lipinski definition) is 3. The van der Waals surface area contributed by atoms with Gasteiger partial charge in [0, 0.05) is 46.4 Å². The molecule has 1 atom stereocenters. The van der Waals surface area contributed by atoms with E-state index in [2.05, 4.69) is 38.1 Å². The summed E-state index contributed by atoms with van der Waals surface area (Å²) in [6, 6.07) is 8.07. The lowest BCUT2D eigenvalue weighted by molar-refractivity contribution is 0.455. The Morgan fingerprint density at radius 1 is 1.25 bits per heavy atom. The predicted molar refractivity (Wildman–Crippen MR) is 130 cm³/mol. The second kappa shape index (κ2) is 9.11. The summed E-state index contributed by atoms with van der Waals surface area (Å²) in [5, 5.41) is 19.4. The number of nitrogens with one attached hydrogen (secondary N) is 3. The summed E-state index contributed by atoms with van der Waals surface area (Å²) in [4.78, 5) is 6.02. The maximum atomic E-state index is 6.41. The van der Waals surface area contributed by atoms with Crippen molar-refractivity contribution in [3.8, 4) is 11.1 Å². The number of hydrogen-bond acceptors (Lipinski definition) is 7. The number of anilines is 2. The second-order valence-electron chi connectivity index (χ2n) is 8.06. The van der Waals surface area contributed by atoms with Crippen molar-refractivity contribution in [1.82, 2.24) is 34.4 Å². The minimum Gasteiger partial charge on any atom is -0.340 e. The number of fused-ring (bicyclic) bond motifs is 1. The average Bonchev–Trinajstić information content (AvgIpc) is 3.46. The van der Waals surface area contributed by atoms with Crippen molar-refractivity contribution in [2.45, 2.75) is 23.7 Å². The summed E-state index contributed by atoms with van der Waals surface area (Å²) in [6.07, 6.45) is 7.78. The summed E-state index contributed by atoms with van der Waals surface area (Å²) < 4.78 is 3.88. The number of H-pyrrole nitrogens is 1. The Balaban J connectivity index is 1.58. The Hall–Kier alpha value is -2.59. The van der Waals surface area contributed by atoms with Crippen molar-refractivity contribution in [2.75, 3.05) is 32.5 Å². The Bertz CT molecular complexity index is 1210. The van der Waals surface area contributed by atoms with Gasteiger partial charge in [0.05, 0.1) is 23.1 Å². The van der Waals surface area contributed by atoms with Crippen molar-refractivity contribution in [2.24, 2.45) is 0 Å². The zero-order valence-corrected chi connectivity index (χ0v) is 19.5. The molecule has 3 N–H and O–H groups in total. The molecule has 4 aromatic rings.